The second-order valence-electron chi connectivity index (χ2n) is 7.70. The molecule has 2 N–H and O–H groups in total. The van der Waals surface area contributed by atoms with Gasteiger partial charge in [0.05, 0.1) is 18.8 Å². The largest absolute Gasteiger partial charge is 0.373 e. The molecule has 1 heterocycles. The first kappa shape index (κ1) is 19.9. The summed E-state index contributed by atoms with van der Waals surface area (Å²) < 4.78 is 5.87. The standard InChI is InChI=1S/C22H34N4O/c1-4-23-22(25-21-11-7-8-12-21)24-13-19-9-5-6-10-20(19)16-26-14-17(2)27-18(3)15-26/h5-10,17-18,21H,4,11-16H2,1-3H3,(H2,23,24,25). The van der Waals surface area contributed by atoms with Gasteiger partial charge in [0.25, 0.3) is 0 Å². The Balaban J connectivity index is 1.65. The molecule has 2 aliphatic rings. The van der Waals surface area contributed by atoms with E-state index in [0.717, 1.165) is 45.0 Å². The van der Waals surface area contributed by atoms with Gasteiger partial charge in [-0.25, -0.2) is 4.99 Å². The molecule has 1 aliphatic heterocycles. The molecule has 1 aliphatic carbocycles. The van der Waals surface area contributed by atoms with Gasteiger partial charge in [0.15, 0.2) is 5.96 Å². The van der Waals surface area contributed by atoms with Crippen molar-refractivity contribution in [2.24, 2.45) is 4.99 Å². The van der Waals surface area contributed by atoms with E-state index in [1.165, 1.54) is 11.1 Å². The molecule has 0 radical (unpaired) electrons. The van der Waals surface area contributed by atoms with Crippen molar-refractivity contribution in [3.8, 4) is 0 Å². The Morgan fingerprint density at radius 3 is 2.44 bits per heavy atom. The zero-order valence-corrected chi connectivity index (χ0v) is 16.9. The van der Waals surface area contributed by atoms with E-state index in [-0.39, 0.29) is 0 Å². The molecule has 1 aromatic carbocycles. The number of morpholine rings is 1. The number of benzene rings is 1. The molecule has 0 spiro atoms. The molecule has 2 atom stereocenters. The van der Waals surface area contributed by atoms with Crippen LogP contribution in [0.2, 0.25) is 0 Å². The van der Waals surface area contributed by atoms with E-state index < -0.39 is 0 Å². The summed E-state index contributed by atoms with van der Waals surface area (Å²) in [5.41, 5.74) is 2.66. The highest BCUT2D eigenvalue weighted by molar-refractivity contribution is 5.80. The lowest BCUT2D eigenvalue weighted by molar-refractivity contribution is -0.0705. The molecule has 1 saturated heterocycles. The summed E-state index contributed by atoms with van der Waals surface area (Å²) in [6.07, 6.45) is 7.22. The van der Waals surface area contributed by atoms with Gasteiger partial charge in [-0.05, 0) is 44.7 Å². The van der Waals surface area contributed by atoms with E-state index in [1.54, 1.807) is 0 Å². The minimum atomic E-state index is 0.295. The third-order valence-electron chi connectivity index (χ3n) is 5.11. The maximum Gasteiger partial charge on any atom is 0.191 e. The van der Waals surface area contributed by atoms with Crippen LogP contribution in [0, 0.1) is 0 Å². The van der Waals surface area contributed by atoms with Gasteiger partial charge in [-0.2, -0.15) is 0 Å². The van der Waals surface area contributed by atoms with Crippen LogP contribution in [0.5, 0.6) is 0 Å². The minimum Gasteiger partial charge on any atom is -0.373 e. The highest BCUT2D eigenvalue weighted by Gasteiger charge is 2.22. The van der Waals surface area contributed by atoms with Crippen molar-refractivity contribution in [2.75, 3.05) is 19.6 Å². The van der Waals surface area contributed by atoms with E-state index in [0.29, 0.717) is 24.8 Å². The maximum absolute atomic E-state index is 5.87. The Morgan fingerprint density at radius 2 is 1.78 bits per heavy atom. The number of rotatable bonds is 6. The Labute approximate surface area is 163 Å². The smallest absolute Gasteiger partial charge is 0.191 e. The van der Waals surface area contributed by atoms with Gasteiger partial charge >= 0.3 is 0 Å². The summed E-state index contributed by atoms with van der Waals surface area (Å²) in [5, 5.41) is 6.93. The average Bonchev–Trinajstić information content (AvgIpc) is 3.13. The van der Waals surface area contributed by atoms with Crippen LogP contribution in [-0.2, 0) is 17.8 Å². The SMILES string of the molecule is CCNC(=NCc1ccccc1CN1CC(C)OC(C)C1)NC1CC=CC1. The molecule has 0 saturated carbocycles. The van der Waals surface area contributed by atoms with Crippen molar-refractivity contribution < 1.29 is 4.74 Å². The molecule has 0 amide bonds. The predicted molar refractivity (Wildman–Crippen MR) is 112 cm³/mol. The summed E-state index contributed by atoms with van der Waals surface area (Å²) in [7, 11) is 0. The zero-order valence-electron chi connectivity index (χ0n) is 16.9. The van der Waals surface area contributed by atoms with Gasteiger partial charge < -0.3 is 15.4 Å². The molecule has 1 aromatic rings. The third-order valence-corrected chi connectivity index (χ3v) is 5.11. The molecule has 1 fully saturated rings. The fourth-order valence-electron chi connectivity index (χ4n) is 3.93. The van der Waals surface area contributed by atoms with Gasteiger partial charge in [0.1, 0.15) is 0 Å². The number of guanidine groups is 1. The van der Waals surface area contributed by atoms with E-state index in [2.05, 4.69) is 72.7 Å². The van der Waals surface area contributed by atoms with Crippen LogP contribution in [-0.4, -0.2) is 48.7 Å². The third kappa shape index (κ3) is 6.08. The first-order valence-electron chi connectivity index (χ1n) is 10.3. The molecular formula is C22H34N4O. The second kappa shape index (κ2) is 9.90. The molecular weight excluding hydrogens is 336 g/mol. The van der Waals surface area contributed by atoms with Gasteiger partial charge in [0, 0.05) is 32.2 Å². The first-order valence-corrected chi connectivity index (χ1v) is 10.3. The fraction of sp³-hybridized carbons (Fsp3) is 0.591. The number of hydrogen-bond donors (Lipinski definition) is 2. The van der Waals surface area contributed by atoms with Crippen LogP contribution in [0.4, 0.5) is 0 Å². The summed E-state index contributed by atoms with van der Waals surface area (Å²) >= 11 is 0. The van der Waals surface area contributed by atoms with Crippen LogP contribution in [0.1, 0.15) is 44.7 Å². The number of nitrogens with zero attached hydrogens (tertiary/aromatic N) is 2. The quantitative estimate of drug-likeness (QED) is 0.459. The summed E-state index contributed by atoms with van der Waals surface area (Å²) in [5.74, 6) is 0.912. The highest BCUT2D eigenvalue weighted by atomic mass is 16.5. The maximum atomic E-state index is 5.87. The Kier molecular flexibility index (Phi) is 7.30. The number of aliphatic imine (C=N–C) groups is 1. The Hall–Kier alpha value is -1.85. The number of ether oxygens (including phenoxy) is 1. The topological polar surface area (TPSA) is 48.9 Å². The van der Waals surface area contributed by atoms with E-state index in [9.17, 15) is 0 Å². The van der Waals surface area contributed by atoms with Gasteiger partial charge in [0.2, 0.25) is 0 Å². The average molecular weight is 371 g/mol. The molecule has 5 heteroatoms. The molecule has 3 rings (SSSR count). The first-order chi connectivity index (χ1) is 13.1. The van der Waals surface area contributed by atoms with Gasteiger partial charge in [-0.15, -0.1) is 0 Å². The van der Waals surface area contributed by atoms with E-state index in [1.807, 2.05) is 0 Å². The number of nitrogens with one attached hydrogen (secondary N) is 2. The lowest BCUT2D eigenvalue weighted by atomic mass is 10.1. The molecule has 2 unspecified atom stereocenters. The summed E-state index contributed by atoms with van der Waals surface area (Å²) in [4.78, 5) is 7.35. The van der Waals surface area contributed by atoms with Crippen molar-refractivity contribution in [3.63, 3.8) is 0 Å². The van der Waals surface area contributed by atoms with Crippen molar-refractivity contribution >= 4 is 5.96 Å². The monoisotopic (exact) mass is 370 g/mol. The van der Waals surface area contributed by atoms with Gasteiger partial charge in [-0.1, -0.05) is 36.4 Å². The highest BCUT2D eigenvalue weighted by Crippen LogP contribution is 2.17. The fourth-order valence-corrected chi connectivity index (χ4v) is 3.93. The van der Waals surface area contributed by atoms with Crippen LogP contribution in [0.25, 0.3) is 0 Å². The summed E-state index contributed by atoms with van der Waals surface area (Å²) in [6.45, 7) is 10.9. The van der Waals surface area contributed by atoms with E-state index >= 15 is 0 Å². The lowest BCUT2D eigenvalue weighted by Gasteiger charge is -2.35. The van der Waals surface area contributed by atoms with Crippen molar-refractivity contribution in [2.45, 2.75) is 65.0 Å². The Morgan fingerprint density at radius 1 is 1.11 bits per heavy atom. The van der Waals surface area contributed by atoms with Crippen molar-refractivity contribution in [1.29, 1.82) is 0 Å². The van der Waals surface area contributed by atoms with E-state index in [4.69, 9.17) is 9.73 Å². The van der Waals surface area contributed by atoms with Gasteiger partial charge in [-0.3, -0.25) is 4.90 Å². The van der Waals surface area contributed by atoms with Crippen LogP contribution in [0.3, 0.4) is 0 Å². The van der Waals surface area contributed by atoms with Crippen LogP contribution >= 0.6 is 0 Å². The Bertz CT molecular complexity index is 639. The predicted octanol–water partition coefficient (Wildman–Crippen LogP) is 3.07. The lowest BCUT2D eigenvalue weighted by Crippen LogP contribution is -2.45. The minimum absolute atomic E-state index is 0.295. The summed E-state index contributed by atoms with van der Waals surface area (Å²) in [6, 6.07) is 9.14. The molecule has 148 valence electrons. The van der Waals surface area contributed by atoms with Crippen LogP contribution in [0.15, 0.2) is 41.4 Å². The normalized spacial score (nSPS) is 24.3. The molecule has 5 nitrogen and oxygen atoms in total. The second-order valence-corrected chi connectivity index (χ2v) is 7.70. The molecule has 0 bridgehead atoms. The van der Waals surface area contributed by atoms with Crippen LogP contribution < -0.4 is 10.6 Å². The molecule has 27 heavy (non-hydrogen) atoms. The van der Waals surface area contributed by atoms with Crippen molar-refractivity contribution in [3.05, 3.63) is 47.5 Å². The zero-order chi connectivity index (χ0) is 19.1. The van der Waals surface area contributed by atoms with Crippen molar-refractivity contribution in [1.82, 2.24) is 15.5 Å². The molecule has 0 aromatic heterocycles. The number of hydrogen-bond acceptors (Lipinski definition) is 3.